The molecule has 0 atom stereocenters. The molecule has 1 aromatic carbocycles. The molecule has 0 radical (unpaired) electrons. The van der Waals surface area contributed by atoms with Gasteiger partial charge in [-0.2, -0.15) is 0 Å². The Balaban J connectivity index is 1.59. The van der Waals surface area contributed by atoms with E-state index in [1.54, 1.807) is 11.3 Å². The highest BCUT2D eigenvalue weighted by atomic mass is 32.1. The molecular weight excluding hydrogens is 292 g/mol. The molecule has 0 saturated carbocycles. The third-order valence-corrected chi connectivity index (χ3v) is 4.52. The van der Waals surface area contributed by atoms with Gasteiger partial charge in [-0.05, 0) is 24.4 Å². The summed E-state index contributed by atoms with van der Waals surface area (Å²) in [6, 6.07) is 10.00. The van der Waals surface area contributed by atoms with Gasteiger partial charge in [-0.3, -0.25) is 5.32 Å². The summed E-state index contributed by atoms with van der Waals surface area (Å²) in [6.07, 6.45) is 0. The predicted molar refractivity (Wildman–Crippen MR) is 82.3 cm³/mol. The molecule has 3 aromatic rings. The van der Waals surface area contributed by atoms with E-state index in [4.69, 9.17) is 0 Å². The van der Waals surface area contributed by atoms with Gasteiger partial charge < -0.3 is 5.32 Å². The predicted octanol–water partition coefficient (Wildman–Crippen LogP) is 3.38. The van der Waals surface area contributed by atoms with Crippen LogP contribution < -0.4 is 10.6 Å². The van der Waals surface area contributed by atoms with Crippen molar-refractivity contribution in [2.45, 2.75) is 13.5 Å². The Morgan fingerprint density at radius 2 is 2.10 bits per heavy atom. The van der Waals surface area contributed by atoms with Crippen LogP contribution in [0.15, 0.2) is 30.3 Å². The first-order chi connectivity index (χ1) is 9.70. The molecule has 0 bridgehead atoms. The highest BCUT2D eigenvalue weighted by Crippen LogP contribution is 2.25. The zero-order valence-electron chi connectivity index (χ0n) is 10.7. The van der Waals surface area contributed by atoms with Crippen molar-refractivity contribution >= 4 is 43.9 Å². The number of hydrogen-bond donors (Lipinski definition) is 2. The van der Waals surface area contributed by atoms with Crippen LogP contribution in [0.5, 0.6) is 0 Å². The molecule has 0 aliphatic rings. The molecule has 2 aromatic heterocycles. The molecule has 0 aliphatic carbocycles. The number of aromatic nitrogens is 2. The molecule has 0 saturated heterocycles. The summed E-state index contributed by atoms with van der Waals surface area (Å²) in [5.74, 6) is 0. The van der Waals surface area contributed by atoms with E-state index in [0.29, 0.717) is 11.7 Å². The number of carbonyl (C=O) groups excluding carboxylic acids is 1. The van der Waals surface area contributed by atoms with Crippen molar-refractivity contribution in [3.05, 3.63) is 40.2 Å². The first kappa shape index (κ1) is 13.0. The second-order valence-electron chi connectivity index (χ2n) is 4.18. The van der Waals surface area contributed by atoms with Crippen LogP contribution in [0.3, 0.4) is 0 Å². The lowest BCUT2D eigenvalue weighted by Gasteiger charge is -2.02. The molecule has 2 amide bonds. The number of anilines is 1. The molecule has 0 aliphatic heterocycles. The maximum absolute atomic E-state index is 11.7. The van der Waals surface area contributed by atoms with Crippen molar-refractivity contribution in [2.75, 3.05) is 5.32 Å². The molecule has 5 nitrogen and oxygen atoms in total. The Bertz CT molecular complexity index is 717. The van der Waals surface area contributed by atoms with Crippen molar-refractivity contribution in [1.82, 2.24) is 15.5 Å². The monoisotopic (exact) mass is 304 g/mol. The van der Waals surface area contributed by atoms with Gasteiger partial charge in [0.2, 0.25) is 5.13 Å². The van der Waals surface area contributed by atoms with Crippen LogP contribution in [0.25, 0.3) is 10.1 Å². The topological polar surface area (TPSA) is 66.9 Å². The number of amides is 2. The second kappa shape index (κ2) is 5.56. The lowest BCUT2D eigenvalue weighted by molar-refractivity contribution is 0.252. The normalized spacial score (nSPS) is 10.7. The second-order valence-corrected chi connectivity index (χ2v) is 6.53. The number of rotatable bonds is 3. The smallest absolute Gasteiger partial charge is 0.321 e. The van der Waals surface area contributed by atoms with Gasteiger partial charge in [-0.1, -0.05) is 29.5 Å². The number of nitrogens with one attached hydrogen (secondary N) is 2. The minimum absolute atomic E-state index is 0.265. The van der Waals surface area contributed by atoms with Crippen molar-refractivity contribution in [3.8, 4) is 0 Å². The third-order valence-electron chi connectivity index (χ3n) is 2.65. The van der Waals surface area contributed by atoms with E-state index in [0.717, 1.165) is 9.88 Å². The van der Waals surface area contributed by atoms with Crippen LogP contribution in [0, 0.1) is 6.92 Å². The Kier molecular flexibility index (Phi) is 3.62. The number of benzene rings is 1. The number of nitrogens with zero attached hydrogens (tertiary/aromatic N) is 2. The van der Waals surface area contributed by atoms with E-state index >= 15 is 0 Å². The maximum Gasteiger partial charge on any atom is 0.321 e. The molecule has 0 unspecified atom stereocenters. The van der Waals surface area contributed by atoms with Gasteiger partial charge in [-0.25, -0.2) is 4.79 Å². The number of hydrogen-bond acceptors (Lipinski definition) is 5. The summed E-state index contributed by atoms with van der Waals surface area (Å²) in [4.78, 5) is 12.9. The lowest BCUT2D eigenvalue weighted by atomic mass is 10.2. The van der Waals surface area contributed by atoms with E-state index in [1.165, 1.54) is 21.4 Å². The van der Waals surface area contributed by atoms with E-state index in [9.17, 15) is 4.79 Å². The number of carbonyl (C=O) groups is 1. The average molecular weight is 304 g/mol. The van der Waals surface area contributed by atoms with Crippen molar-refractivity contribution < 1.29 is 4.79 Å². The fourth-order valence-corrected chi connectivity index (χ4v) is 3.37. The number of urea groups is 1. The van der Waals surface area contributed by atoms with Crippen LogP contribution in [0.1, 0.15) is 9.88 Å². The minimum atomic E-state index is -0.265. The van der Waals surface area contributed by atoms with Gasteiger partial charge in [0.15, 0.2) is 0 Å². The molecule has 20 heavy (non-hydrogen) atoms. The van der Waals surface area contributed by atoms with Crippen LogP contribution in [-0.2, 0) is 6.54 Å². The van der Waals surface area contributed by atoms with E-state index < -0.39 is 0 Å². The van der Waals surface area contributed by atoms with Gasteiger partial charge in [0, 0.05) is 9.58 Å². The standard InChI is InChI=1S/C13H12N4OS2/c1-8-16-17-13(19-8)15-12(18)14-7-10-6-9-4-2-3-5-11(9)20-10/h2-6H,7H2,1H3,(H2,14,15,17,18). The fraction of sp³-hybridized carbons (Fsp3) is 0.154. The van der Waals surface area contributed by atoms with Crippen molar-refractivity contribution in [3.63, 3.8) is 0 Å². The number of fused-ring (bicyclic) bond motifs is 1. The fourth-order valence-electron chi connectivity index (χ4n) is 1.78. The third kappa shape index (κ3) is 2.94. The summed E-state index contributed by atoms with van der Waals surface area (Å²) in [5, 5.41) is 15.7. The zero-order valence-corrected chi connectivity index (χ0v) is 12.3. The Morgan fingerprint density at radius 1 is 1.25 bits per heavy atom. The molecular formula is C13H12N4OS2. The summed E-state index contributed by atoms with van der Waals surface area (Å²) < 4.78 is 1.23. The van der Waals surface area contributed by atoms with E-state index in [1.807, 2.05) is 19.1 Å². The molecule has 7 heteroatoms. The van der Waals surface area contributed by atoms with Crippen LogP contribution in [0.2, 0.25) is 0 Å². The van der Waals surface area contributed by atoms with Gasteiger partial charge in [0.1, 0.15) is 5.01 Å². The van der Waals surface area contributed by atoms with E-state index in [-0.39, 0.29) is 6.03 Å². The van der Waals surface area contributed by atoms with Crippen molar-refractivity contribution in [2.24, 2.45) is 0 Å². The van der Waals surface area contributed by atoms with Crippen LogP contribution >= 0.6 is 22.7 Å². The molecule has 2 N–H and O–H groups in total. The largest absolute Gasteiger partial charge is 0.333 e. The summed E-state index contributed by atoms with van der Waals surface area (Å²) >= 11 is 3.03. The van der Waals surface area contributed by atoms with Gasteiger partial charge in [-0.15, -0.1) is 21.5 Å². The summed E-state index contributed by atoms with van der Waals surface area (Å²) in [7, 11) is 0. The highest BCUT2D eigenvalue weighted by Gasteiger charge is 2.07. The summed E-state index contributed by atoms with van der Waals surface area (Å²) in [5.41, 5.74) is 0. The quantitative estimate of drug-likeness (QED) is 0.779. The maximum atomic E-state index is 11.7. The molecule has 0 fully saturated rings. The van der Waals surface area contributed by atoms with Gasteiger partial charge in [0.05, 0.1) is 6.54 Å². The Hall–Kier alpha value is -1.99. The number of aryl methyl sites for hydroxylation is 1. The lowest BCUT2D eigenvalue weighted by Crippen LogP contribution is -2.27. The van der Waals surface area contributed by atoms with Gasteiger partial charge >= 0.3 is 6.03 Å². The van der Waals surface area contributed by atoms with Crippen LogP contribution in [0.4, 0.5) is 9.93 Å². The molecule has 2 heterocycles. The zero-order chi connectivity index (χ0) is 13.9. The Labute approximate surface area is 123 Å². The first-order valence-corrected chi connectivity index (χ1v) is 7.66. The van der Waals surface area contributed by atoms with Crippen LogP contribution in [-0.4, -0.2) is 16.2 Å². The SMILES string of the molecule is Cc1nnc(NC(=O)NCc2cc3ccccc3s2)s1. The first-order valence-electron chi connectivity index (χ1n) is 6.03. The van der Waals surface area contributed by atoms with Crippen molar-refractivity contribution in [1.29, 1.82) is 0 Å². The van der Waals surface area contributed by atoms with E-state index in [2.05, 4.69) is 39.0 Å². The average Bonchev–Trinajstić information content (AvgIpc) is 3.02. The molecule has 3 rings (SSSR count). The van der Waals surface area contributed by atoms with Gasteiger partial charge in [0.25, 0.3) is 0 Å². The number of thiophene rings is 1. The highest BCUT2D eigenvalue weighted by molar-refractivity contribution is 7.19. The molecule has 102 valence electrons. The summed E-state index contributed by atoms with van der Waals surface area (Å²) in [6.45, 7) is 2.35. The molecule has 0 spiro atoms. The Morgan fingerprint density at radius 3 is 2.85 bits per heavy atom. The minimum Gasteiger partial charge on any atom is -0.333 e.